The Bertz CT molecular complexity index is 683. The van der Waals surface area contributed by atoms with Crippen LogP contribution in [0.3, 0.4) is 0 Å². The summed E-state index contributed by atoms with van der Waals surface area (Å²) in [6.07, 6.45) is 0. The van der Waals surface area contributed by atoms with Crippen molar-refractivity contribution in [2.75, 3.05) is 25.9 Å². The number of nitrogens with zero attached hydrogens (tertiary/aromatic N) is 2. The van der Waals surface area contributed by atoms with Gasteiger partial charge in [0.2, 0.25) is 15.9 Å². The topological polar surface area (TPSA) is 83.7 Å². The normalized spacial score (nSPS) is 19.8. The Hall–Kier alpha value is -1.60. The molecule has 0 bridgehead atoms. The molecule has 0 atom stereocenters. The highest BCUT2D eigenvalue weighted by atomic mass is 32.2. The van der Waals surface area contributed by atoms with Gasteiger partial charge in [0.15, 0.2) is 0 Å². The summed E-state index contributed by atoms with van der Waals surface area (Å²) in [5.41, 5.74) is 5.61. The van der Waals surface area contributed by atoms with E-state index in [-0.39, 0.29) is 17.3 Å². The molecule has 1 aliphatic rings. The van der Waals surface area contributed by atoms with Gasteiger partial charge in [0.1, 0.15) is 5.54 Å². The predicted molar refractivity (Wildman–Crippen MR) is 81.2 cm³/mol. The van der Waals surface area contributed by atoms with Crippen molar-refractivity contribution >= 4 is 21.6 Å². The van der Waals surface area contributed by atoms with Crippen LogP contribution in [0.4, 0.5) is 5.69 Å². The summed E-state index contributed by atoms with van der Waals surface area (Å²) in [6, 6.07) is 4.78. The summed E-state index contributed by atoms with van der Waals surface area (Å²) in [7, 11) is -2.09. The van der Waals surface area contributed by atoms with Gasteiger partial charge in [-0.05, 0) is 38.5 Å². The van der Waals surface area contributed by atoms with E-state index < -0.39 is 15.6 Å². The third-order valence-corrected chi connectivity index (χ3v) is 6.13. The molecule has 0 radical (unpaired) electrons. The summed E-state index contributed by atoms with van der Waals surface area (Å²) in [5, 5.41) is 0. The number of likely N-dealkylation sites (N-methyl/N-ethyl adjacent to an activating group) is 1. The molecule has 6 nitrogen and oxygen atoms in total. The van der Waals surface area contributed by atoms with Gasteiger partial charge >= 0.3 is 0 Å². The zero-order chi connectivity index (χ0) is 16.0. The van der Waals surface area contributed by atoms with Crippen LogP contribution in [-0.2, 0) is 14.8 Å². The van der Waals surface area contributed by atoms with E-state index in [0.717, 1.165) is 0 Å². The first-order valence-electron chi connectivity index (χ1n) is 6.73. The lowest BCUT2D eigenvalue weighted by atomic mass is 10.0. The predicted octanol–water partition coefficient (Wildman–Crippen LogP) is 0.819. The largest absolute Gasteiger partial charge is 0.399 e. The average Bonchev–Trinajstić information content (AvgIpc) is 2.38. The highest BCUT2D eigenvalue weighted by molar-refractivity contribution is 7.89. The number of nitrogen functional groups attached to an aromatic ring is 1. The molecule has 1 aromatic rings. The monoisotopic (exact) mass is 311 g/mol. The third-order valence-electron chi connectivity index (χ3n) is 3.91. The number of sulfonamides is 1. The van der Waals surface area contributed by atoms with E-state index in [1.165, 1.54) is 10.4 Å². The van der Waals surface area contributed by atoms with Crippen molar-refractivity contribution in [2.24, 2.45) is 0 Å². The van der Waals surface area contributed by atoms with Gasteiger partial charge in [0, 0.05) is 25.8 Å². The average molecular weight is 311 g/mol. The molecule has 0 aliphatic carbocycles. The minimum absolute atomic E-state index is 0.160. The number of nitrogens with two attached hydrogens (primary N) is 1. The number of benzene rings is 1. The number of hydrogen-bond donors (Lipinski definition) is 1. The highest BCUT2D eigenvalue weighted by Gasteiger charge is 2.47. The number of aryl methyl sites for hydroxylation is 1. The van der Waals surface area contributed by atoms with E-state index in [1.54, 1.807) is 44.9 Å². The lowest BCUT2D eigenvalue weighted by molar-refractivity contribution is -0.142. The van der Waals surface area contributed by atoms with Crippen molar-refractivity contribution in [2.45, 2.75) is 31.2 Å². The number of anilines is 1. The van der Waals surface area contributed by atoms with Crippen LogP contribution in [0.2, 0.25) is 0 Å². The van der Waals surface area contributed by atoms with E-state index in [2.05, 4.69) is 0 Å². The second-order valence-electron chi connectivity index (χ2n) is 5.89. The van der Waals surface area contributed by atoms with E-state index in [9.17, 15) is 13.2 Å². The minimum Gasteiger partial charge on any atom is -0.399 e. The van der Waals surface area contributed by atoms with Gasteiger partial charge in [-0.2, -0.15) is 4.31 Å². The number of carbonyl (C=O) groups excluding carboxylic acids is 1. The number of piperazine rings is 1. The van der Waals surface area contributed by atoms with Crippen molar-refractivity contribution < 1.29 is 13.2 Å². The van der Waals surface area contributed by atoms with Crippen molar-refractivity contribution in [3.63, 3.8) is 0 Å². The Balaban J connectivity index is 2.54. The first-order chi connectivity index (χ1) is 9.58. The fraction of sp³-hybridized carbons (Fsp3) is 0.500. The van der Waals surface area contributed by atoms with E-state index >= 15 is 0 Å². The second-order valence-corrected chi connectivity index (χ2v) is 7.72. The SMILES string of the molecule is Cc1ccc(N)cc1S(=O)(=O)N1CCN(C)C(=O)C1(C)C. The van der Waals surface area contributed by atoms with Gasteiger partial charge in [0.25, 0.3) is 0 Å². The van der Waals surface area contributed by atoms with Crippen molar-refractivity contribution in [1.82, 2.24) is 9.21 Å². The Labute approximate surface area is 125 Å². The molecule has 7 heteroatoms. The summed E-state index contributed by atoms with van der Waals surface area (Å²) in [6.45, 7) is 5.63. The molecule has 2 rings (SSSR count). The van der Waals surface area contributed by atoms with Gasteiger partial charge < -0.3 is 10.6 Å². The molecule has 1 aliphatic heterocycles. The Morgan fingerprint density at radius 1 is 1.24 bits per heavy atom. The molecule has 1 heterocycles. The highest BCUT2D eigenvalue weighted by Crippen LogP contribution is 2.31. The van der Waals surface area contributed by atoms with Gasteiger partial charge in [-0.25, -0.2) is 8.42 Å². The van der Waals surface area contributed by atoms with Gasteiger partial charge in [-0.15, -0.1) is 0 Å². The molecule has 1 saturated heterocycles. The molecule has 1 fully saturated rings. The lowest BCUT2D eigenvalue weighted by Crippen LogP contribution is -2.63. The standard InChI is InChI=1S/C14H21N3O3S/c1-10-5-6-11(15)9-12(10)21(19,20)17-8-7-16(4)13(18)14(17,2)3/h5-6,9H,7-8,15H2,1-4H3. The summed E-state index contributed by atoms with van der Waals surface area (Å²) in [4.78, 5) is 14.0. The minimum atomic E-state index is -3.77. The number of amides is 1. The fourth-order valence-corrected chi connectivity index (χ4v) is 4.63. The maximum absolute atomic E-state index is 12.9. The summed E-state index contributed by atoms with van der Waals surface area (Å²) < 4.78 is 27.1. The Kier molecular flexibility index (Phi) is 3.75. The van der Waals surface area contributed by atoms with Gasteiger partial charge in [-0.3, -0.25) is 4.79 Å². The van der Waals surface area contributed by atoms with Crippen LogP contribution in [0.5, 0.6) is 0 Å². The quantitative estimate of drug-likeness (QED) is 0.820. The van der Waals surface area contributed by atoms with Crippen LogP contribution in [-0.4, -0.2) is 49.2 Å². The molecule has 0 saturated carbocycles. The van der Waals surface area contributed by atoms with Crippen LogP contribution >= 0.6 is 0 Å². The molecular formula is C14H21N3O3S. The smallest absolute Gasteiger partial charge is 0.244 e. The molecule has 1 aromatic carbocycles. The zero-order valence-corrected chi connectivity index (χ0v) is 13.6. The van der Waals surface area contributed by atoms with Crippen molar-refractivity contribution in [3.05, 3.63) is 23.8 Å². The van der Waals surface area contributed by atoms with Crippen LogP contribution in [0.25, 0.3) is 0 Å². The summed E-state index contributed by atoms with van der Waals surface area (Å²) in [5.74, 6) is -0.209. The maximum Gasteiger partial charge on any atom is 0.244 e. The third kappa shape index (κ3) is 2.51. The first-order valence-corrected chi connectivity index (χ1v) is 8.17. The van der Waals surface area contributed by atoms with Crippen LogP contribution < -0.4 is 5.73 Å². The fourth-order valence-electron chi connectivity index (χ4n) is 2.63. The van der Waals surface area contributed by atoms with Crippen LogP contribution in [0.15, 0.2) is 23.1 Å². The molecule has 0 unspecified atom stereocenters. The molecule has 2 N–H and O–H groups in total. The van der Waals surface area contributed by atoms with Gasteiger partial charge in [0.05, 0.1) is 4.90 Å². The summed E-state index contributed by atoms with van der Waals surface area (Å²) >= 11 is 0. The zero-order valence-electron chi connectivity index (χ0n) is 12.8. The van der Waals surface area contributed by atoms with E-state index in [0.29, 0.717) is 17.8 Å². The number of carbonyl (C=O) groups is 1. The first kappa shape index (κ1) is 15.8. The molecular weight excluding hydrogens is 290 g/mol. The van der Waals surface area contributed by atoms with Crippen LogP contribution in [0.1, 0.15) is 19.4 Å². The number of rotatable bonds is 2. The second kappa shape index (κ2) is 4.99. The lowest BCUT2D eigenvalue weighted by Gasteiger charge is -2.43. The Morgan fingerprint density at radius 2 is 1.86 bits per heavy atom. The maximum atomic E-state index is 12.9. The van der Waals surface area contributed by atoms with Crippen molar-refractivity contribution in [3.8, 4) is 0 Å². The van der Waals surface area contributed by atoms with E-state index in [4.69, 9.17) is 5.73 Å². The molecule has 0 spiro atoms. The molecule has 116 valence electrons. The number of hydrogen-bond acceptors (Lipinski definition) is 4. The molecule has 1 amide bonds. The Morgan fingerprint density at radius 3 is 2.48 bits per heavy atom. The van der Waals surface area contributed by atoms with E-state index in [1.807, 2.05) is 0 Å². The molecule has 0 aromatic heterocycles. The van der Waals surface area contributed by atoms with Gasteiger partial charge in [-0.1, -0.05) is 6.07 Å². The van der Waals surface area contributed by atoms with Crippen LogP contribution in [0, 0.1) is 6.92 Å². The molecule has 21 heavy (non-hydrogen) atoms. The van der Waals surface area contributed by atoms with Crippen molar-refractivity contribution in [1.29, 1.82) is 0 Å².